The van der Waals surface area contributed by atoms with Crippen LogP contribution in [0.2, 0.25) is 0 Å². The molecule has 0 aromatic heterocycles. The van der Waals surface area contributed by atoms with Crippen molar-refractivity contribution in [2.75, 3.05) is 11.9 Å². The number of hydrogen-bond acceptors (Lipinski definition) is 2. The molecule has 1 heterocycles. The van der Waals surface area contributed by atoms with Crippen LogP contribution in [0.15, 0.2) is 0 Å². The van der Waals surface area contributed by atoms with E-state index in [1.807, 2.05) is 0 Å². The van der Waals surface area contributed by atoms with Gasteiger partial charge in [0.05, 0.1) is 0 Å². The van der Waals surface area contributed by atoms with Crippen molar-refractivity contribution in [3.05, 3.63) is 0 Å². The highest BCUT2D eigenvalue weighted by Gasteiger charge is 2.39. The van der Waals surface area contributed by atoms with Gasteiger partial charge in [-0.25, -0.2) is 0 Å². The van der Waals surface area contributed by atoms with Gasteiger partial charge in [-0.2, -0.15) is 0 Å². The number of alkyl halides is 1. The van der Waals surface area contributed by atoms with E-state index in [-0.39, 0.29) is 17.2 Å². The summed E-state index contributed by atoms with van der Waals surface area (Å²) in [6, 6.07) is 0. The molecule has 0 bridgehead atoms. The highest BCUT2D eigenvalue weighted by molar-refractivity contribution is 9.09. The van der Waals surface area contributed by atoms with Crippen LogP contribution in [0.25, 0.3) is 0 Å². The van der Waals surface area contributed by atoms with Crippen LogP contribution in [0, 0.1) is 11.3 Å². The Bertz CT molecular complexity index is 270. The van der Waals surface area contributed by atoms with Gasteiger partial charge in [0, 0.05) is 24.7 Å². The predicted octanol–water partition coefficient (Wildman–Crippen LogP) is 2.19. The van der Waals surface area contributed by atoms with E-state index in [9.17, 15) is 9.59 Å². The molecule has 1 saturated heterocycles. The van der Waals surface area contributed by atoms with Gasteiger partial charge in [0.25, 0.3) is 0 Å². The first-order valence-electron chi connectivity index (χ1n) is 5.25. The molecule has 15 heavy (non-hydrogen) atoms. The van der Waals surface area contributed by atoms with Crippen LogP contribution >= 0.6 is 15.9 Å². The largest absolute Gasteiger partial charge is 0.282 e. The molecule has 1 aliphatic rings. The van der Waals surface area contributed by atoms with Crippen LogP contribution < -0.4 is 0 Å². The molecule has 0 aromatic carbocycles. The number of imide groups is 1. The maximum Gasteiger partial charge on any atom is 0.230 e. The SMILES string of the molecule is CC(C)(C)C1CC(=O)N(C(=O)CCBr)C1. The lowest BCUT2D eigenvalue weighted by Crippen LogP contribution is -2.33. The second-order valence-electron chi connectivity index (χ2n) is 5.10. The lowest BCUT2D eigenvalue weighted by atomic mass is 9.80. The van der Waals surface area contributed by atoms with Gasteiger partial charge in [-0.3, -0.25) is 14.5 Å². The highest BCUT2D eigenvalue weighted by Crippen LogP contribution is 2.34. The first kappa shape index (κ1) is 12.7. The van der Waals surface area contributed by atoms with Gasteiger partial charge < -0.3 is 0 Å². The van der Waals surface area contributed by atoms with Crippen molar-refractivity contribution in [3.8, 4) is 0 Å². The molecule has 1 atom stereocenters. The lowest BCUT2D eigenvalue weighted by Gasteiger charge is -2.25. The third-order valence-electron chi connectivity index (χ3n) is 2.96. The van der Waals surface area contributed by atoms with E-state index in [0.29, 0.717) is 30.6 Å². The van der Waals surface area contributed by atoms with Crippen molar-refractivity contribution in [1.82, 2.24) is 4.90 Å². The van der Waals surface area contributed by atoms with Crippen LogP contribution in [-0.4, -0.2) is 28.6 Å². The highest BCUT2D eigenvalue weighted by atomic mass is 79.9. The lowest BCUT2D eigenvalue weighted by molar-refractivity contribution is -0.141. The molecule has 4 heteroatoms. The van der Waals surface area contributed by atoms with E-state index in [4.69, 9.17) is 0 Å². The molecular weight excluding hydrogens is 258 g/mol. The molecule has 0 radical (unpaired) electrons. The fourth-order valence-electron chi connectivity index (χ4n) is 1.74. The van der Waals surface area contributed by atoms with Gasteiger partial charge in [-0.05, 0) is 11.3 Å². The molecule has 0 aliphatic carbocycles. The fraction of sp³-hybridized carbons (Fsp3) is 0.818. The van der Waals surface area contributed by atoms with E-state index in [1.165, 1.54) is 4.90 Å². The summed E-state index contributed by atoms with van der Waals surface area (Å²) in [6.45, 7) is 6.93. The maximum absolute atomic E-state index is 11.6. The Hall–Kier alpha value is -0.380. The molecular formula is C11H18BrNO2. The smallest absolute Gasteiger partial charge is 0.230 e. The predicted molar refractivity (Wildman–Crippen MR) is 62.7 cm³/mol. The molecule has 86 valence electrons. The summed E-state index contributed by atoms with van der Waals surface area (Å²) >= 11 is 3.21. The summed E-state index contributed by atoms with van der Waals surface area (Å²) < 4.78 is 0. The van der Waals surface area contributed by atoms with Crippen molar-refractivity contribution in [2.24, 2.45) is 11.3 Å². The molecule has 1 unspecified atom stereocenters. The number of amides is 2. The minimum absolute atomic E-state index is 0.0131. The number of hydrogen-bond donors (Lipinski definition) is 0. The molecule has 0 aromatic rings. The van der Waals surface area contributed by atoms with Crippen LogP contribution in [0.5, 0.6) is 0 Å². The van der Waals surface area contributed by atoms with Crippen molar-refractivity contribution in [2.45, 2.75) is 33.6 Å². The van der Waals surface area contributed by atoms with Crippen molar-refractivity contribution < 1.29 is 9.59 Å². The monoisotopic (exact) mass is 275 g/mol. The van der Waals surface area contributed by atoms with Crippen molar-refractivity contribution in [1.29, 1.82) is 0 Å². The first-order valence-corrected chi connectivity index (χ1v) is 6.37. The normalized spacial score (nSPS) is 22.3. The molecule has 0 saturated carbocycles. The zero-order chi connectivity index (χ0) is 11.6. The quantitative estimate of drug-likeness (QED) is 0.725. The molecule has 3 nitrogen and oxygen atoms in total. The number of carbonyl (C=O) groups excluding carboxylic acids is 2. The average Bonchev–Trinajstić information content (AvgIpc) is 2.47. The molecule has 1 rings (SSSR count). The van der Waals surface area contributed by atoms with Gasteiger partial charge in [0.1, 0.15) is 0 Å². The minimum Gasteiger partial charge on any atom is -0.282 e. The van der Waals surface area contributed by atoms with Gasteiger partial charge in [-0.15, -0.1) is 0 Å². The average molecular weight is 276 g/mol. The zero-order valence-corrected chi connectivity index (χ0v) is 11.1. The summed E-state index contributed by atoms with van der Waals surface area (Å²) in [6.07, 6.45) is 0.917. The molecule has 1 aliphatic heterocycles. The number of carbonyl (C=O) groups is 2. The van der Waals surface area contributed by atoms with Crippen molar-refractivity contribution >= 4 is 27.7 Å². The topological polar surface area (TPSA) is 37.4 Å². The Kier molecular flexibility index (Phi) is 3.93. The number of halogens is 1. The van der Waals surface area contributed by atoms with E-state index in [0.717, 1.165) is 0 Å². The molecule has 2 amide bonds. The molecule has 0 spiro atoms. The molecule has 1 fully saturated rings. The van der Waals surface area contributed by atoms with Gasteiger partial charge in [0.15, 0.2) is 0 Å². The van der Waals surface area contributed by atoms with Gasteiger partial charge >= 0.3 is 0 Å². The Labute approximate surface area is 99.3 Å². The Balaban J connectivity index is 2.65. The summed E-state index contributed by atoms with van der Waals surface area (Å²) in [4.78, 5) is 24.7. The van der Waals surface area contributed by atoms with E-state index in [1.54, 1.807) is 0 Å². The second kappa shape index (κ2) is 4.64. The standard InChI is InChI=1S/C11H18BrNO2/c1-11(2,3)8-6-10(15)13(7-8)9(14)4-5-12/h8H,4-7H2,1-3H3. The Morgan fingerprint density at radius 1 is 1.53 bits per heavy atom. The van der Waals surface area contributed by atoms with Crippen LogP contribution in [-0.2, 0) is 9.59 Å². The van der Waals surface area contributed by atoms with Gasteiger partial charge in [0.2, 0.25) is 11.8 Å². The number of likely N-dealkylation sites (tertiary alicyclic amines) is 1. The first-order chi connectivity index (χ1) is 6.86. The Morgan fingerprint density at radius 2 is 2.13 bits per heavy atom. The van der Waals surface area contributed by atoms with Gasteiger partial charge in [-0.1, -0.05) is 36.7 Å². The minimum atomic E-state index is -0.0522. The zero-order valence-electron chi connectivity index (χ0n) is 9.55. The van der Waals surface area contributed by atoms with Crippen LogP contribution in [0.3, 0.4) is 0 Å². The number of rotatable bonds is 2. The van der Waals surface area contributed by atoms with Crippen LogP contribution in [0.4, 0.5) is 0 Å². The van der Waals surface area contributed by atoms with E-state index >= 15 is 0 Å². The molecule has 0 N–H and O–H groups in total. The summed E-state index contributed by atoms with van der Waals surface area (Å²) in [7, 11) is 0. The Morgan fingerprint density at radius 3 is 2.53 bits per heavy atom. The van der Waals surface area contributed by atoms with Crippen molar-refractivity contribution in [3.63, 3.8) is 0 Å². The number of nitrogens with zero attached hydrogens (tertiary/aromatic N) is 1. The summed E-state index contributed by atoms with van der Waals surface area (Å²) in [5.41, 5.74) is 0.0963. The summed E-state index contributed by atoms with van der Waals surface area (Å²) in [5.74, 6) is 0.230. The second-order valence-corrected chi connectivity index (χ2v) is 5.90. The van der Waals surface area contributed by atoms with E-state index < -0.39 is 0 Å². The van der Waals surface area contributed by atoms with Crippen LogP contribution in [0.1, 0.15) is 33.6 Å². The third kappa shape index (κ3) is 3.03. The summed E-state index contributed by atoms with van der Waals surface area (Å²) in [5, 5.41) is 0.621. The van der Waals surface area contributed by atoms with E-state index in [2.05, 4.69) is 36.7 Å². The third-order valence-corrected chi connectivity index (χ3v) is 3.36. The maximum atomic E-state index is 11.6. The fourth-order valence-corrected chi connectivity index (χ4v) is 2.08.